The van der Waals surface area contributed by atoms with Gasteiger partial charge in [-0.15, -0.1) is 0 Å². The molecule has 4 nitrogen and oxygen atoms in total. The van der Waals surface area contributed by atoms with E-state index in [1.54, 1.807) is 0 Å². The number of benzene rings is 1. The molecule has 1 saturated carbocycles. The maximum atomic E-state index is 7.61. The van der Waals surface area contributed by atoms with Crippen LogP contribution >= 0.6 is 0 Å². The van der Waals surface area contributed by atoms with Crippen molar-refractivity contribution in [3.63, 3.8) is 0 Å². The summed E-state index contributed by atoms with van der Waals surface area (Å²) in [5, 5.41) is 22.6. The van der Waals surface area contributed by atoms with E-state index in [0.717, 1.165) is 42.0 Å². The molecular formula is C41H80N4. The monoisotopic (exact) mass is 629 g/mol. The van der Waals surface area contributed by atoms with E-state index in [1.807, 2.05) is 74.4 Å². The van der Waals surface area contributed by atoms with Crippen LogP contribution < -0.4 is 0 Å². The van der Waals surface area contributed by atoms with Crippen LogP contribution in [0.15, 0.2) is 24.3 Å². The highest BCUT2D eigenvalue weighted by Crippen LogP contribution is 2.40. The van der Waals surface area contributed by atoms with Crippen molar-refractivity contribution in [1.82, 2.24) is 4.90 Å². The summed E-state index contributed by atoms with van der Waals surface area (Å²) in [4.78, 5) is 2.18. The fourth-order valence-electron chi connectivity index (χ4n) is 5.69. The number of amidine groups is 1. The number of hydrogen-bond donors (Lipinski definition) is 3. The van der Waals surface area contributed by atoms with Gasteiger partial charge in [0.1, 0.15) is 0 Å². The topological polar surface area (TPSA) is 74.8 Å². The summed E-state index contributed by atoms with van der Waals surface area (Å²) < 4.78 is 0. The molecule has 1 aromatic carbocycles. The first-order valence-electron chi connectivity index (χ1n) is 18.2. The molecule has 264 valence electrons. The molecule has 0 amide bonds. The number of likely N-dealkylation sites (tertiary alicyclic amines) is 1. The van der Waals surface area contributed by atoms with Gasteiger partial charge >= 0.3 is 0 Å². The van der Waals surface area contributed by atoms with Gasteiger partial charge in [-0.1, -0.05) is 128 Å². The fraction of sp³-hybridized carbons (Fsp3) is 0.780. The van der Waals surface area contributed by atoms with Gasteiger partial charge in [-0.25, -0.2) is 0 Å². The lowest BCUT2D eigenvalue weighted by Crippen LogP contribution is -2.40. The average molecular weight is 629 g/mol. The summed E-state index contributed by atoms with van der Waals surface area (Å²) in [5.41, 5.74) is 4.97. The molecule has 0 unspecified atom stereocenters. The second-order valence-electron chi connectivity index (χ2n) is 15.3. The van der Waals surface area contributed by atoms with Crippen molar-refractivity contribution in [2.24, 2.45) is 28.6 Å². The third kappa shape index (κ3) is 20.0. The predicted molar refractivity (Wildman–Crippen MR) is 207 cm³/mol. The highest BCUT2D eigenvalue weighted by atomic mass is 15.2. The Morgan fingerprint density at radius 3 is 1.20 bits per heavy atom. The van der Waals surface area contributed by atoms with Gasteiger partial charge in [0.25, 0.3) is 0 Å². The van der Waals surface area contributed by atoms with Crippen molar-refractivity contribution in [2.75, 3.05) is 13.1 Å². The van der Waals surface area contributed by atoms with Crippen LogP contribution in [0, 0.1) is 44.8 Å². The van der Waals surface area contributed by atoms with Crippen LogP contribution in [0.2, 0.25) is 0 Å². The number of hydrogen-bond acceptors (Lipinski definition) is 3. The van der Waals surface area contributed by atoms with Crippen molar-refractivity contribution in [1.29, 1.82) is 16.2 Å². The van der Waals surface area contributed by atoms with E-state index in [9.17, 15) is 0 Å². The molecule has 3 N–H and O–H groups in total. The van der Waals surface area contributed by atoms with Crippen LogP contribution in [0.1, 0.15) is 174 Å². The predicted octanol–water partition coefficient (Wildman–Crippen LogP) is 13.1. The van der Waals surface area contributed by atoms with E-state index in [1.165, 1.54) is 44.1 Å². The van der Waals surface area contributed by atoms with Gasteiger partial charge in [0.15, 0.2) is 0 Å². The minimum atomic E-state index is 0.203. The Balaban J connectivity index is -0.000000541. The highest BCUT2D eigenvalue weighted by Gasteiger charge is 2.30. The summed E-state index contributed by atoms with van der Waals surface area (Å²) >= 11 is 0. The van der Waals surface area contributed by atoms with Crippen molar-refractivity contribution in [2.45, 2.75) is 169 Å². The highest BCUT2D eigenvalue weighted by molar-refractivity contribution is 5.96. The molecule has 1 aliphatic heterocycles. The molecule has 1 heterocycles. The van der Waals surface area contributed by atoms with E-state index >= 15 is 0 Å². The van der Waals surface area contributed by atoms with Gasteiger partial charge in [0.05, 0.1) is 5.84 Å². The number of piperidine rings is 1. The van der Waals surface area contributed by atoms with Crippen LogP contribution in [0.5, 0.6) is 0 Å². The lowest BCUT2D eigenvalue weighted by atomic mass is 9.69. The van der Waals surface area contributed by atoms with Crippen molar-refractivity contribution >= 4 is 17.3 Å². The quantitative estimate of drug-likeness (QED) is 0.221. The molecule has 0 aromatic heterocycles. The Bertz CT molecular complexity index is 862. The molecule has 4 heteroatoms. The zero-order valence-electron chi connectivity index (χ0n) is 33.6. The minimum Gasteiger partial charge on any atom is -0.361 e. The molecule has 3 rings (SSSR count). The van der Waals surface area contributed by atoms with Gasteiger partial charge < -0.3 is 15.7 Å². The Labute approximate surface area is 283 Å². The molecule has 0 bridgehead atoms. The van der Waals surface area contributed by atoms with Gasteiger partial charge in [-0.05, 0) is 104 Å². The van der Waals surface area contributed by atoms with Gasteiger partial charge in [0, 0.05) is 24.5 Å². The molecule has 2 aliphatic rings. The summed E-state index contributed by atoms with van der Waals surface area (Å²) in [6, 6.07) is 8.24. The molecule has 0 spiro atoms. The zero-order chi connectivity index (χ0) is 36.2. The Hall–Kier alpha value is -1.97. The fourth-order valence-corrected chi connectivity index (χ4v) is 5.69. The molecule has 1 aromatic rings. The van der Waals surface area contributed by atoms with Crippen LogP contribution in [-0.2, 0) is 5.41 Å². The van der Waals surface area contributed by atoms with Gasteiger partial charge in [-0.3, -0.25) is 5.41 Å². The summed E-state index contributed by atoms with van der Waals surface area (Å²) in [6.07, 6.45) is 7.64. The Kier molecular flexibility index (Phi) is 24.6. The summed E-state index contributed by atoms with van der Waals surface area (Å²) in [7, 11) is 0. The molecule has 2 fully saturated rings. The zero-order valence-corrected chi connectivity index (χ0v) is 33.6. The number of nitrogens with zero attached hydrogens (tertiary/aromatic N) is 1. The van der Waals surface area contributed by atoms with E-state index in [4.69, 9.17) is 16.2 Å². The maximum absolute atomic E-state index is 7.61. The smallest absolute Gasteiger partial charge is 0.0925 e. The average Bonchev–Trinajstić information content (AvgIpc) is 2.99. The van der Waals surface area contributed by atoms with Crippen LogP contribution in [-0.4, -0.2) is 35.2 Å². The maximum Gasteiger partial charge on any atom is 0.0925 e. The molecule has 1 aliphatic carbocycles. The summed E-state index contributed by atoms with van der Waals surface area (Å²) in [6.45, 7) is 40.4. The number of rotatable bonds is 2. The largest absolute Gasteiger partial charge is 0.361 e. The van der Waals surface area contributed by atoms with E-state index in [0.29, 0.717) is 22.5 Å². The Morgan fingerprint density at radius 2 is 0.933 bits per heavy atom. The van der Waals surface area contributed by atoms with Crippen LogP contribution in [0.3, 0.4) is 0 Å². The van der Waals surface area contributed by atoms with Crippen molar-refractivity contribution in [3.05, 3.63) is 35.4 Å². The molecule has 45 heavy (non-hydrogen) atoms. The second kappa shape index (κ2) is 23.4. The first-order chi connectivity index (χ1) is 20.7. The molecule has 0 radical (unpaired) electrons. The third-order valence-electron chi connectivity index (χ3n) is 8.94. The van der Waals surface area contributed by atoms with E-state index in [2.05, 4.69) is 79.3 Å². The SMILES string of the molecule is CC.CC.CC.CC(=N)C1CCC(C(C)(C)C)CC1.CC(=N)N1CCC(C(C)(C)C)CC1.CC(=N)c1ccc(C(C)(C)C)cc1. The van der Waals surface area contributed by atoms with Crippen molar-refractivity contribution in [3.8, 4) is 0 Å². The lowest BCUT2D eigenvalue weighted by molar-refractivity contribution is 0.148. The Morgan fingerprint density at radius 1 is 0.578 bits per heavy atom. The molecule has 0 atom stereocenters. The first kappa shape index (κ1) is 47.4. The third-order valence-corrected chi connectivity index (χ3v) is 8.94. The number of nitrogens with one attached hydrogen (secondary N) is 3. The molecule has 1 saturated heterocycles. The minimum absolute atomic E-state index is 0.203. The second-order valence-corrected chi connectivity index (χ2v) is 15.3. The van der Waals surface area contributed by atoms with Gasteiger partial charge in [-0.2, -0.15) is 0 Å². The molecular weight excluding hydrogens is 548 g/mol. The summed E-state index contributed by atoms with van der Waals surface area (Å²) in [5.74, 6) is 3.04. The van der Waals surface area contributed by atoms with E-state index in [-0.39, 0.29) is 5.41 Å². The standard InChI is InChI=1S/C12H23N.C12H17N.C11H22N2.3C2H6/c2*1-9(13)10-5-7-11(8-6-10)12(2,3)4;1-9(12)13-7-5-10(6-8-13)11(2,3)4;3*1-2/h10-11,13H,5-8H2,1-4H3;5-8,13H,1-4H3;10,12H,5-8H2,1-4H3;3*1-2H3. The van der Waals surface area contributed by atoms with Crippen LogP contribution in [0.4, 0.5) is 0 Å². The van der Waals surface area contributed by atoms with Gasteiger partial charge in [0.2, 0.25) is 0 Å². The van der Waals surface area contributed by atoms with Crippen LogP contribution in [0.25, 0.3) is 0 Å². The lowest BCUT2D eigenvalue weighted by Gasteiger charge is -2.39. The normalized spacial score (nSPS) is 18.3. The first-order valence-corrected chi connectivity index (χ1v) is 18.2. The van der Waals surface area contributed by atoms with Crippen molar-refractivity contribution < 1.29 is 0 Å². The van der Waals surface area contributed by atoms with E-state index < -0.39 is 0 Å².